The van der Waals surface area contributed by atoms with E-state index >= 15 is 0 Å². The molecule has 1 fully saturated rings. The maximum Gasteiger partial charge on any atom is 0.294 e. The Labute approximate surface area is 131 Å². The van der Waals surface area contributed by atoms with Crippen molar-refractivity contribution in [2.45, 2.75) is 38.1 Å². The normalized spacial score (nSPS) is 15.7. The second-order valence-electron chi connectivity index (χ2n) is 5.30. The summed E-state index contributed by atoms with van der Waals surface area (Å²) in [4.78, 5) is 10.8. The second-order valence-corrected chi connectivity index (χ2v) is 6.26. The summed E-state index contributed by atoms with van der Waals surface area (Å²) in [6, 6.07) is 4.65. The summed E-state index contributed by atoms with van der Waals surface area (Å²) in [6.45, 7) is 3.52. The quantitative estimate of drug-likeness (QED) is 0.476. The van der Waals surface area contributed by atoms with Crippen LogP contribution in [0, 0.1) is 17.0 Å². The zero-order valence-corrected chi connectivity index (χ0v) is 13.1. The molecule has 1 aromatic carbocycles. The van der Waals surface area contributed by atoms with Gasteiger partial charge in [-0.1, -0.05) is 19.3 Å². The lowest BCUT2D eigenvalue weighted by Gasteiger charge is -2.24. The van der Waals surface area contributed by atoms with Gasteiger partial charge in [0.2, 0.25) is 10.9 Å². The van der Waals surface area contributed by atoms with E-state index < -0.39 is 15.8 Å². The Balaban J connectivity index is 2.28. The van der Waals surface area contributed by atoms with E-state index in [9.17, 15) is 18.5 Å². The van der Waals surface area contributed by atoms with Gasteiger partial charge in [0.15, 0.2) is 0 Å². The van der Waals surface area contributed by atoms with Gasteiger partial charge in [0.25, 0.3) is 5.69 Å². The van der Waals surface area contributed by atoms with E-state index in [1.165, 1.54) is 12.5 Å². The minimum Gasteiger partial charge on any atom is -0.377 e. The molecule has 1 saturated carbocycles. The van der Waals surface area contributed by atoms with Crippen LogP contribution in [0.5, 0.6) is 0 Å². The third kappa shape index (κ3) is 3.88. The summed E-state index contributed by atoms with van der Waals surface area (Å²) >= 11 is 0. The van der Waals surface area contributed by atoms with Crippen molar-refractivity contribution in [3.8, 4) is 0 Å². The van der Waals surface area contributed by atoms with Gasteiger partial charge in [-0.3, -0.25) is 14.4 Å². The average Bonchev–Trinajstić information content (AvgIpc) is 2.49. The summed E-state index contributed by atoms with van der Waals surface area (Å²) in [6.07, 6.45) is 5.44. The first-order chi connectivity index (χ1) is 10.5. The Morgan fingerprint density at radius 1 is 1.32 bits per heavy atom. The number of hydrogen-bond donors (Lipinski definition) is 2. The van der Waals surface area contributed by atoms with Gasteiger partial charge in [-0.2, -0.15) is 0 Å². The molecule has 22 heavy (non-hydrogen) atoms. The number of rotatable bonds is 6. The van der Waals surface area contributed by atoms with Crippen LogP contribution < -0.4 is 9.62 Å². The van der Waals surface area contributed by atoms with Crippen molar-refractivity contribution >= 4 is 28.0 Å². The number of benzene rings is 1. The van der Waals surface area contributed by atoms with Crippen LogP contribution in [0.15, 0.2) is 18.2 Å². The Morgan fingerprint density at radius 3 is 2.55 bits per heavy atom. The molecule has 8 heteroatoms. The van der Waals surface area contributed by atoms with Crippen molar-refractivity contribution in [3.63, 3.8) is 0 Å². The molecule has 0 bridgehead atoms. The number of hydrogen-bond acceptors (Lipinski definition) is 5. The zero-order chi connectivity index (χ0) is 16.1. The van der Waals surface area contributed by atoms with E-state index in [4.69, 9.17) is 0 Å². The van der Waals surface area contributed by atoms with Crippen molar-refractivity contribution in [2.75, 3.05) is 16.2 Å². The molecule has 0 aliphatic heterocycles. The Morgan fingerprint density at radius 2 is 2.00 bits per heavy atom. The first kappa shape index (κ1) is 16.5. The minimum atomic E-state index is -2.87. The molecule has 0 heterocycles. The number of nitrogens with zero attached hydrogens (tertiary/aromatic N) is 2. The third-order valence-corrected chi connectivity index (χ3v) is 4.67. The lowest BCUT2D eigenvalue weighted by Crippen LogP contribution is -2.23. The number of anilines is 2. The first-order valence-corrected chi connectivity index (χ1v) is 8.42. The zero-order valence-electron chi connectivity index (χ0n) is 12.2. The molecule has 7 nitrogen and oxygen atoms in total. The highest BCUT2D eigenvalue weighted by molar-refractivity contribution is 7.74. The maximum absolute atomic E-state index is 11.3. The SMILES string of the molecule is [CH2]CN(c1ccc(NC2CCCCC2)c([N+](=O)[O-])c1)[SH](=O)=O. The van der Waals surface area contributed by atoms with E-state index in [-0.39, 0.29) is 24.0 Å². The van der Waals surface area contributed by atoms with E-state index in [1.807, 2.05) is 0 Å². The predicted molar refractivity (Wildman–Crippen MR) is 86.6 cm³/mol. The molecule has 1 aromatic rings. The van der Waals surface area contributed by atoms with Gasteiger partial charge in [0.1, 0.15) is 5.69 Å². The minimum absolute atomic E-state index is 0.00867. The molecular weight excluding hydrogens is 306 g/mol. The molecule has 0 atom stereocenters. The highest BCUT2D eigenvalue weighted by atomic mass is 32.2. The van der Waals surface area contributed by atoms with Gasteiger partial charge < -0.3 is 5.32 Å². The molecule has 1 aliphatic carbocycles. The standard InChI is InChI=1S/C14H20N3O4S/c1-2-16(22(20)21)12-8-9-13(14(10-12)17(18)19)15-11-6-4-3-5-7-11/h8-11,15,22H,1-7H2. The van der Waals surface area contributed by atoms with Crippen LogP contribution >= 0.6 is 0 Å². The Hall–Kier alpha value is -1.83. The molecule has 0 spiro atoms. The second kappa shape index (κ2) is 7.44. The van der Waals surface area contributed by atoms with Crippen molar-refractivity contribution < 1.29 is 13.3 Å². The van der Waals surface area contributed by atoms with E-state index in [1.54, 1.807) is 12.1 Å². The third-order valence-electron chi connectivity index (χ3n) is 3.85. The van der Waals surface area contributed by atoms with Crippen molar-refractivity contribution in [2.24, 2.45) is 0 Å². The summed E-state index contributed by atoms with van der Waals surface area (Å²) in [5.74, 6) is 0. The fourth-order valence-electron chi connectivity index (χ4n) is 2.73. The molecule has 2 rings (SSSR count). The molecule has 0 saturated heterocycles. The Kier molecular flexibility index (Phi) is 5.59. The van der Waals surface area contributed by atoms with Crippen molar-refractivity contribution in [1.29, 1.82) is 0 Å². The van der Waals surface area contributed by atoms with Gasteiger partial charge in [0, 0.05) is 18.7 Å². The van der Waals surface area contributed by atoms with E-state index in [0.717, 1.165) is 30.0 Å². The fourth-order valence-corrected chi connectivity index (χ4v) is 3.20. The molecule has 0 amide bonds. The molecule has 1 radical (unpaired) electrons. The monoisotopic (exact) mass is 326 g/mol. The van der Waals surface area contributed by atoms with E-state index in [2.05, 4.69) is 12.2 Å². The smallest absolute Gasteiger partial charge is 0.294 e. The number of nitro groups is 1. The van der Waals surface area contributed by atoms with Crippen LogP contribution in [-0.4, -0.2) is 25.9 Å². The molecule has 0 aromatic heterocycles. The molecule has 0 unspecified atom stereocenters. The van der Waals surface area contributed by atoms with Crippen LogP contribution in [-0.2, 0) is 10.9 Å². The Bertz CT molecular complexity index is 604. The lowest BCUT2D eigenvalue weighted by molar-refractivity contribution is -0.383. The fraction of sp³-hybridized carbons (Fsp3) is 0.500. The van der Waals surface area contributed by atoms with Gasteiger partial charge in [-0.15, -0.1) is 0 Å². The maximum atomic E-state index is 11.3. The molecule has 1 aliphatic rings. The number of thiol groups is 1. The summed E-state index contributed by atoms with van der Waals surface area (Å²) < 4.78 is 23.3. The number of nitro benzene ring substituents is 1. The van der Waals surface area contributed by atoms with Crippen LogP contribution in [0.3, 0.4) is 0 Å². The van der Waals surface area contributed by atoms with E-state index in [0.29, 0.717) is 5.69 Å². The molecule has 1 N–H and O–H groups in total. The van der Waals surface area contributed by atoms with Crippen LogP contribution in [0.4, 0.5) is 17.1 Å². The van der Waals surface area contributed by atoms with Crippen molar-refractivity contribution in [3.05, 3.63) is 35.2 Å². The van der Waals surface area contributed by atoms with Gasteiger partial charge in [-0.25, -0.2) is 8.42 Å². The number of nitrogens with one attached hydrogen (secondary N) is 1. The molecular formula is C14H20N3O4S. The van der Waals surface area contributed by atoms with Gasteiger partial charge in [0.05, 0.1) is 10.6 Å². The highest BCUT2D eigenvalue weighted by Crippen LogP contribution is 2.32. The topological polar surface area (TPSA) is 92.5 Å². The average molecular weight is 326 g/mol. The van der Waals surface area contributed by atoms with Gasteiger partial charge in [-0.05, 0) is 31.9 Å². The summed E-state index contributed by atoms with van der Waals surface area (Å²) in [5.41, 5.74) is 0.580. The summed E-state index contributed by atoms with van der Waals surface area (Å²) in [5, 5.41) is 14.5. The first-order valence-electron chi connectivity index (χ1n) is 7.29. The van der Waals surface area contributed by atoms with Crippen molar-refractivity contribution in [1.82, 2.24) is 0 Å². The predicted octanol–water partition coefficient (Wildman–Crippen LogP) is 2.51. The molecule has 121 valence electrons. The van der Waals surface area contributed by atoms with Crippen LogP contribution in [0.1, 0.15) is 32.1 Å². The summed E-state index contributed by atoms with van der Waals surface area (Å²) in [7, 11) is -2.87. The van der Waals surface area contributed by atoms with Crippen LogP contribution in [0.2, 0.25) is 0 Å². The lowest BCUT2D eigenvalue weighted by atomic mass is 9.95. The highest BCUT2D eigenvalue weighted by Gasteiger charge is 2.21. The van der Waals surface area contributed by atoms with Gasteiger partial charge >= 0.3 is 0 Å². The van der Waals surface area contributed by atoms with Crippen LogP contribution in [0.25, 0.3) is 0 Å². The largest absolute Gasteiger partial charge is 0.377 e.